The predicted molar refractivity (Wildman–Crippen MR) is 79.1 cm³/mol. The molecule has 2 nitrogen and oxygen atoms in total. The molecule has 102 valence electrons. The Kier molecular flexibility index (Phi) is 4.80. The highest BCUT2D eigenvalue weighted by atomic mass is 16.3. The fraction of sp³-hybridized carbons (Fsp3) is 0.412. The minimum Gasteiger partial charge on any atom is -0.468 e. The summed E-state index contributed by atoms with van der Waals surface area (Å²) < 4.78 is 5.43. The van der Waals surface area contributed by atoms with Gasteiger partial charge in [-0.15, -0.1) is 0 Å². The average Bonchev–Trinajstić information content (AvgIpc) is 2.93. The maximum Gasteiger partial charge on any atom is 0.120 e. The summed E-state index contributed by atoms with van der Waals surface area (Å²) in [5, 5.41) is 3.57. The van der Waals surface area contributed by atoms with Crippen LogP contribution in [0.15, 0.2) is 53.1 Å². The molecule has 0 fully saturated rings. The van der Waals surface area contributed by atoms with Crippen LogP contribution in [0.1, 0.15) is 44.1 Å². The maximum atomic E-state index is 5.43. The lowest BCUT2D eigenvalue weighted by molar-refractivity contribution is 0.393. The smallest absolute Gasteiger partial charge is 0.120 e. The first-order valence-corrected chi connectivity index (χ1v) is 7.00. The SMILES string of the molecule is CC(C)C(CN[C@H](C)c1ccco1)c1ccccc1. The minimum absolute atomic E-state index is 0.250. The monoisotopic (exact) mass is 257 g/mol. The first-order chi connectivity index (χ1) is 9.18. The Labute approximate surface area is 115 Å². The summed E-state index contributed by atoms with van der Waals surface area (Å²) in [7, 11) is 0. The van der Waals surface area contributed by atoms with Gasteiger partial charge >= 0.3 is 0 Å². The van der Waals surface area contributed by atoms with E-state index in [0.29, 0.717) is 11.8 Å². The zero-order valence-electron chi connectivity index (χ0n) is 12.0. The van der Waals surface area contributed by atoms with Crippen molar-refractivity contribution < 1.29 is 4.42 Å². The quantitative estimate of drug-likeness (QED) is 0.831. The molecule has 0 saturated carbocycles. The summed E-state index contributed by atoms with van der Waals surface area (Å²) in [5.74, 6) is 2.13. The molecule has 0 amide bonds. The Balaban J connectivity index is 1.98. The topological polar surface area (TPSA) is 25.2 Å². The van der Waals surface area contributed by atoms with E-state index in [1.807, 2.05) is 12.1 Å². The standard InChI is InChI=1S/C17H23NO/c1-13(2)16(15-8-5-4-6-9-15)12-18-14(3)17-10-7-11-19-17/h4-11,13-14,16,18H,12H2,1-3H3/t14-,16?/m1/s1. The van der Waals surface area contributed by atoms with E-state index in [1.54, 1.807) is 6.26 Å². The van der Waals surface area contributed by atoms with Gasteiger partial charge in [0.15, 0.2) is 0 Å². The van der Waals surface area contributed by atoms with E-state index in [0.717, 1.165) is 12.3 Å². The van der Waals surface area contributed by atoms with Gasteiger partial charge in [0.05, 0.1) is 12.3 Å². The van der Waals surface area contributed by atoms with Crippen LogP contribution < -0.4 is 5.32 Å². The van der Waals surface area contributed by atoms with Crippen molar-refractivity contribution in [3.63, 3.8) is 0 Å². The Morgan fingerprint density at radius 3 is 2.32 bits per heavy atom. The molecule has 2 aromatic rings. The van der Waals surface area contributed by atoms with E-state index in [2.05, 4.69) is 56.4 Å². The van der Waals surface area contributed by atoms with Gasteiger partial charge in [-0.2, -0.15) is 0 Å². The second kappa shape index (κ2) is 6.58. The molecule has 0 spiro atoms. The van der Waals surface area contributed by atoms with Crippen molar-refractivity contribution in [2.45, 2.75) is 32.7 Å². The van der Waals surface area contributed by atoms with Gasteiger partial charge in [-0.3, -0.25) is 0 Å². The highest BCUT2D eigenvalue weighted by Gasteiger charge is 2.17. The average molecular weight is 257 g/mol. The summed E-state index contributed by atoms with van der Waals surface area (Å²) in [6.45, 7) is 7.65. The lowest BCUT2D eigenvalue weighted by Gasteiger charge is -2.23. The van der Waals surface area contributed by atoms with E-state index in [9.17, 15) is 0 Å². The molecule has 1 aromatic heterocycles. The van der Waals surface area contributed by atoms with Crippen molar-refractivity contribution >= 4 is 0 Å². The Bertz CT molecular complexity index is 461. The molecule has 0 aliphatic rings. The van der Waals surface area contributed by atoms with Crippen LogP contribution in [0.25, 0.3) is 0 Å². The van der Waals surface area contributed by atoms with Crippen LogP contribution in [-0.2, 0) is 0 Å². The molecular weight excluding hydrogens is 234 g/mol. The summed E-state index contributed by atoms with van der Waals surface area (Å²) in [5.41, 5.74) is 1.40. The largest absolute Gasteiger partial charge is 0.468 e. The van der Waals surface area contributed by atoms with Gasteiger partial charge in [-0.25, -0.2) is 0 Å². The predicted octanol–water partition coefficient (Wildman–Crippen LogP) is 4.37. The van der Waals surface area contributed by atoms with Gasteiger partial charge in [-0.1, -0.05) is 44.2 Å². The van der Waals surface area contributed by atoms with Crippen LogP contribution in [0.3, 0.4) is 0 Å². The molecule has 2 heteroatoms. The Hall–Kier alpha value is -1.54. The third-order valence-corrected chi connectivity index (χ3v) is 3.65. The summed E-state index contributed by atoms with van der Waals surface area (Å²) in [6.07, 6.45) is 1.73. The molecule has 0 aliphatic carbocycles. The summed E-state index contributed by atoms with van der Waals surface area (Å²) in [4.78, 5) is 0. The van der Waals surface area contributed by atoms with Crippen molar-refractivity contribution in [1.82, 2.24) is 5.32 Å². The van der Waals surface area contributed by atoms with Gasteiger partial charge < -0.3 is 9.73 Å². The summed E-state index contributed by atoms with van der Waals surface area (Å²) in [6, 6.07) is 14.9. The van der Waals surface area contributed by atoms with Crippen LogP contribution in [0.4, 0.5) is 0 Å². The lowest BCUT2D eigenvalue weighted by atomic mass is 9.88. The van der Waals surface area contributed by atoms with Gasteiger partial charge in [0, 0.05) is 6.54 Å². The molecule has 1 unspecified atom stereocenters. The van der Waals surface area contributed by atoms with E-state index in [4.69, 9.17) is 4.42 Å². The van der Waals surface area contributed by atoms with Crippen LogP contribution in [0.5, 0.6) is 0 Å². The molecule has 0 radical (unpaired) electrons. The fourth-order valence-electron chi connectivity index (χ4n) is 2.38. The van der Waals surface area contributed by atoms with Crippen LogP contribution in [0, 0.1) is 5.92 Å². The number of hydrogen-bond donors (Lipinski definition) is 1. The zero-order valence-corrected chi connectivity index (χ0v) is 12.0. The highest BCUT2D eigenvalue weighted by Crippen LogP contribution is 2.24. The first-order valence-electron chi connectivity index (χ1n) is 7.00. The van der Waals surface area contributed by atoms with Crippen LogP contribution in [-0.4, -0.2) is 6.54 Å². The number of rotatable bonds is 6. The van der Waals surface area contributed by atoms with Crippen molar-refractivity contribution in [2.75, 3.05) is 6.54 Å². The van der Waals surface area contributed by atoms with Crippen LogP contribution >= 0.6 is 0 Å². The Morgan fingerprint density at radius 1 is 1.00 bits per heavy atom. The van der Waals surface area contributed by atoms with Crippen LogP contribution in [0.2, 0.25) is 0 Å². The third kappa shape index (κ3) is 3.71. The van der Waals surface area contributed by atoms with E-state index < -0.39 is 0 Å². The Morgan fingerprint density at radius 2 is 1.74 bits per heavy atom. The lowest BCUT2D eigenvalue weighted by Crippen LogP contribution is -2.27. The van der Waals surface area contributed by atoms with E-state index in [1.165, 1.54) is 5.56 Å². The summed E-state index contributed by atoms with van der Waals surface area (Å²) >= 11 is 0. The van der Waals surface area contributed by atoms with Gasteiger partial charge in [0.1, 0.15) is 5.76 Å². The maximum absolute atomic E-state index is 5.43. The number of furan rings is 1. The molecule has 1 heterocycles. The normalized spacial score (nSPS) is 14.5. The molecular formula is C17H23NO. The number of hydrogen-bond acceptors (Lipinski definition) is 2. The molecule has 0 bridgehead atoms. The molecule has 0 aliphatic heterocycles. The first kappa shape index (κ1) is 13.9. The van der Waals surface area contributed by atoms with Gasteiger partial charge in [0.25, 0.3) is 0 Å². The van der Waals surface area contributed by atoms with Crippen molar-refractivity contribution in [1.29, 1.82) is 0 Å². The molecule has 1 N–H and O–H groups in total. The molecule has 0 saturated heterocycles. The van der Waals surface area contributed by atoms with E-state index in [-0.39, 0.29) is 6.04 Å². The van der Waals surface area contributed by atoms with Gasteiger partial charge in [-0.05, 0) is 36.5 Å². The number of nitrogens with one attached hydrogen (secondary N) is 1. The van der Waals surface area contributed by atoms with E-state index >= 15 is 0 Å². The van der Waals surface area contributed by atoms with Crippen molar-refractivity contribution in [2.24, 2.45) is 5.92 Å². The second-order valence-corrected chi connectivity index (χ2v) is 5.41. The second-order valence-electron chi connectivity index (χ2n) is 5.41. The number of benzene rings is 1. The minimum atomic E-state index is 0.250. The molecule has 1 aromatic carbocycles. The molecule has 2 rings (SSSR count). The fourth-order valence-corrected chi connectivity index (χ4v) is 2.38. The third-order valence-electron chi connectivity index (χ3n) is 3.65. The van der Waals surface area contributed by atoms with Crippen molar-refractivity contribution in [3.8, 4) is 0 Å². The zero-order chi connectivity index (χ0) is 13.7. The molecule has 2 atom stereocenters. The van der Waals surface area contributed by atoms with Crippen molar-refractivity contribution in [3.05, 3.63) is 60.1 Å². The highest BCUT2D eigenvalue weighted by molar-refractivity contribution is 5.20. The van der Waals surface area contributed by atoms with Gasteiger partial charge in [0.2, 0.25) is 0 Å². The molecule has 19 heavy (non-hydrogen) atoms.